The summed E-state index contributed by atoms with van der Waals surface area (Å²) in [4.78, 5) is 19.3. The number of aryl methyl sites for hydroxylation is 1. The lowest BCUT2D eigenvalue weighted by molar-refractivity contribution is 0.603. The van der Waals surface area contributed by atoms with E-state index in [1.165, 1.54) is 18.3 Å². The topological polar surface area (TPSA) is 91.9 Å². The molecule has 118 valence electrons. The first-order valence-electron chi connectivity index (χ1n) is 6.68. The number of nitrogens with one attached hydrogen (secondary N) is 2. The summed E-state index contributed by atoms with van der Waals surface area (Å²) in [5.41, 5.74) is 0.987. The van der Waals surface area contributed by atoms with Gasteiger partial charge in [-0.1, -0.05) is 0 Å². The number of rotatable bonds is 4. The van der Waals surface area contributed by atoms with Crippen molar-refractivity contribution in [3.63, 3.8) is 0 Å². The Morgan fingerprint density at radius 2 is 1.87 bits per heavy atom. The van der Waals surface area contributed by atoms with Crippen molar-refractivity contribution in [2.75, 3.05) is 4.72 Å². The number of H-pyrrole nitrogens is 1. The molecule has 8 heteroatoms. The number of nitrogens with zero attached hydrogens (tertiary/aromatic N) is 1. The highest BCUT2D eigenvalue weighted by Crippen LogP contribution is 2.24. The number of pyridine rings is 2. The lowest BCUT2D eigenvalue weighted by Crippen LogP contribution is -2.19. The van der Waals surface area contributed by atoms with Gasteiger partial charge in [-0.05, 0) is 42.8 Å². The van der Waals surface area contributed by atoms with Crippen LogP contribution in [0, 0.1) is 6.92 Å². The van der Waals surface area contributed by atoms with Crippen LogP contribution in [0.1, 0.15) is 4.88 Å². The van der Waals surface area contributed by atoms with Crippen molar-refractivity contribution in [2.24, 2.45) is 0 Å². The van der Waals surface area contributed by atoms with E-state index in [0.29, 0.717) is 5.56 Å². The first-order valence-corrected chi connectivity index (χ1v) is 8.98. The van der Waals surface area contributed by atoms with Crippen molar-refractivity contribution in [3.8, 4) is 11.1 Å². The fourth-order valence-corrected chi connectivity index (χ4v) is 4.36. The summed E-state index contributed by atoms with van der Waals surface area (Å²) >= 11 is 1.15. The summed E-state index contributed by atoms with van der Waals surface area (Å²) in [6, 6.07) is 8.29. The van der Waals surface area contributed by atoms with E-state index in [4.69, 9.17) is 0 Å². The van der Waals surface area contributed by atoms with Crippen molar-refractivity contribution in [3.05, 3.63) is 64.2 Å². The minimum atomic E-state index is -3.78. The maximum absolute atomic E-state index is 12.4. The monoisotopic (exact) mass is 347 g/mol. The van der Waals surface area contributed by atoms with Crippen LogP contribution in [-0.4, -0.2) is 18.4 Å². The van der Waals surface area contributed by atoms with Gasteiger partial charge in [0.2, 0.25) is 0 Å². The molecule has 2 N–H and O–H groups in total. The molecule has 23 heavy (non-hydrogen) atoms. The van der Waals surface area contributed by atoms with E-state index < -0.39 is 15.6 Å². The van der Waals surface area contributed by atoms with E-state index >= 15 is 0 Å². The van der Waals surface area contributed by atoms with Gasteiger partial charge in [-0.25, -0.2) is 8.42 Å². The SMILES string of the molecule is Cc1ccc(S(=O)(=O)Nc2cc(-c3ccncc3)c[nH]c2=O)s1. The average molecular weight is 347 g/mol. The van der Waals surface area contributed by atoms with Crippen molar-refractivity contribution >= 4 is 27.0 Å². The Labute approximate surface area is 136 Å². The van der Waals surface area contributed by atoms with Gasteiger partial charge in [0.05, 0.1) is 0 Å². The number of hydrogen-bond acceptors (Lipinski definition) is 5. The third-order valence-electron chi connectivity index (χ3n) is 3.14. The van der Waals surface area contributed by atoms with Crippen LogP contribution >= 0.6 is 11.3 Å². The molecule has 6 nitrogen and oxygen atoms in total. The van der Waals surface area contributed by atoms with Gasteiger partial charge in [0, 0.05) is 29.0 Å². The number of anilines is 1. The van der Waals surface area contributed by atoms with E-state index in [-0.39, 0.29) is 9.90 Å². The van der Waals surface area contributed by atoms with Gasteiger partial charge in [0.15, 0.2) is 0 Å². The van der Waals surface area contributed by atoms with Crippen LogP contribution in [0.2, 0.25) is 0 Å². The molecule has 0 aliphatic carbocycles. The predicted molar refractivity (Wildman–Crippen MR) is 90.2 cm³/mol. The van der Waals surface area contributed by atoms with E-state index in [2.05, 4.69) is 14.7 Å². The molecule has 0 aliphatic rings. The van der Waals surface area contributed by atoms with Gasteiger partial charge in [0.1, 0.15) is 9.90 Å². The quantitative estimate of drug-likeness (QED) is 0.759. The molecule has 3 aromatic rings. The molecule has 0 amide bonds. The number of aromatic nitrogens is 2. The Bertz CT molecular complexity index is 992. The van der Waals surface area contributed by atoms with Crippen LogP contribution in [0.15, 0.2) is 57.9 Å². The molecule has 0 radical (unpaired) electrons. The summed E-state index contributed by atoms with van der Waals surface area (Å²) in [5.74, 6) is 0. The fourth-order valence-electron chi connectivity index (χ4n) is 2.02. The van der Waals surface area contributed by atoms with E-state index in [1.807, 2.05) is 6.92 Å². The highest BCUT2D eigenvalue weighted by molar-refractivity contribution is 7.94. The summed E-state index contributed by atoms with van der Waals surface area (Å²) in [6.07, 6.45) is 4.78. The highest BCUT2D eigenvalue weighted by atomic mass is 32.2. The normalized spacial score (nSPS) is 11.3. The summed E-state index contributed by atoms with van der Waals surface area (Å²) in [6.45, 7) is 1.82. The molecule has 3 heterocycles. The molecule has 0 aromatic carbocycles. The zero-order valence-electron chi connectivity index (χ0n) is 12.1. The molecule has 0 bridgehead atoms. The van der Waals surface area contributed by atoms with Gasteiger partial charge < -0.3 is 4.98 Å². The molecular weight excluding hydrogens is 334 g/mol. The Balaban J connectivity index is 1.99. The van der Waals surface area contributed by atoms with Crippen LogP contribution < -0.4 is 10.3 Å². The van der Waals surface area contributed by atoms with E-state index in [0.717, 1.165) is 21.8 Å². The molecule has 0 atom stereocenters. The second-order valence-corrected chi connectivity index (χ2v) is 8.03. The zero-order valence-corrected chi connectivity index (χ0v) is 13.7. The van der Waals surface area contributed by atoms with Crippen molar-refractivity contribution < 1.29 is 8.42 Å². The first-order chi connectivity index (χ1) is 11.0. The van der Waals surface area contributed by atoms with Gasteiger partial charge in [-0.2, -0.15) is 0 Å². The highest BCUT2D eigenvalue weighted by Gasteiger charge is 2.18. The lowest BCUT2D eigenvalue weighted by atomic mass is 10.1. The van der Waals surface area contributed by atoms with Crippen molar-refractivity contribution in [2.45, 2.75) is 11.1 Å². The third kappa shape index (κ3) is 3.33. The van der Waals surface area contributed by atoms with Crippen LogP contribution in [0.5, 0.6) is 0 Å². The molecule has 0 unspecified atom stereocenters. The van der Waals surface area contributed by atoms with Gasteiger partial charge in [-0.3, -0.25) is 14.5 Å². The molecule has 3 rings (SSSR count). The first kappa shape index (κ1) is 15.4. The molecule has 0 spiro atoms. The minimum Gasteiger partial charge on any atom is -0.327 e. The maximum Gasteiger partial charge on any atom is 0.272 e. The largest absolute Gasteiger partial charge is 0.327 e. The minimum absolute atomic E-state index is 0.0228. The maximum atomic E-state index is 12.4. The third-order valence-corrected chi connectivity index (χ3v) is 6.00. The average Bonchev–Trinajstić information content (AvgIpc) is 2.98. The molecule has 0 aliphatic heterocycles. The van der Waals surface area contributed by atoms with Gasteiger partial charge in [0.25, 0.3) is 15.6 Å². The van der Waals surface area contributed by atoms with Crippen LogP contribution in [-0.2, 0) is 10.0 Å². The van der Waals surface area contributed by atoms with Crippen molar-refractivity contribution in [1.82, 2.24) is 9.97 Å². The zero-order chi connectivity index (χ0) is 16.4. The molecule has 0 saturated heterocycles. The molecule has 0 saturated carbocycles. The Morgan fingerprint density at radius 3 is 2.52 bits per heavy atom. The Hall–Kier alpha value is -2.45. The lowest BCUT2D eigenvalue weighted by Gasteiger charge is -2.07. The van der Waals surface area contributed by atoms with Crippen LogP contribution in [0.25, 0.3) is 11.1 Å². The number of aromatic amines is 1. The van der Waals surface area contributed by atoms with Gasteiger partial charge >= 0.3 is 0 Å². The molecule has 0 fully saturated rings. The Morgan fingerprint density at radius 1 is 1.13 bits per heavy atom. The van der Waals surface area contributed by atoms with Gasteiger partial charge in [-0.15, -0.1) is 11.3 Å². The standard InChI is InChI=1S/C15H13N3O3S2/c1-10-2-3-14(22-10)23(20,21)18-13-8-12(9-17-15(13)19)11-4-6-16-7-5-11/h2-9,18H,1H3,(H,17,19). The Kier molecular flexibility index (Phi) is 4.01. The summed E-state index contributed by atoms with van der Waals surface area (Å²) in [7, 11) is -3.78. The van der Waals surface area contributed by atoms with Crippen LogP contribution in [0.3, 0.4) is 0 Å². The van der Waals surface area contributed by atoms with E-state index in [1.54, 1.807) is 30.6 Å². The van der Waals surface area contributed by atoms with Crippen molar-refractivity contribution in [1.29, 1.82) is 0 Å². The second kappa shape index (κ2) is 5.98. The van der Waals surface area contributed by atoms with E-state index in [9.17, 15) is 13.2 Å². The molecule has 3 aromatic heterocycles. The predicted octanol–water partition coefficient (Wildman–Crippen LogP) is 2.61. The summed E-state index contributed by atoms with van der Waals surface area (Å²) < 4.78 is 27.2. The number of hydrogen-bond donors (Lipinski definition) is 2. The number of thiophene rings is 1. The summed E-state index contributed by atoms with van der Waals surface area (Å²) in [5, 5.41) is 0. The number of sulfonamides is 1. The smallest absolute Gasteiger partial charge is 0.272 e. The van der Waals surface area contributed by atoms with Crippen LogP contribution in [0.4, 0.5) is 5.69 Å². The molecular formula is C15H13N3O3S2. The fraction of sp³-hybridized carbons (Fsp3) is 0.0667. The second-order valence-electron chi connectivity index (χ2n) is 4.84.